The Hall–Kier alpha value is -2.99. The number of rotatable bonds is 8. The molecule has 1 N–H and O–H groups in total. The summed E-state index contributed by atoms with van der Waals surface area (Å²) in [5.41, 5.74) is 5.01. The fraction of sp³-hybridized carbons (Fsp3) is 0.500. The second-order valence-corrected chi connectivity index (χ2v) is 10.9. The second kappa shape index (κ2) is 11.0. The number of carbonyl (C=O) groups excluding carboxylic acids is 2. The van der Waals surface area contributed by atoms with Gasteiger partial charge < -0.3 is 10.2 Å². The number of hydrogen-bond donors (Lipinski definition) is 1. The monoisotopic (exact) mass is 486 g/mol. The van der Waals surface area contributed by atoms with Gasteiger partial charge in [-0.2, -0.15) is 0 Å². The molecule has 6 heteroatoms. The fourth-order valence-corrected chi connectivity index (χ4v) is 6.21. The van der Waals surface area contributed by atoms with Crippen LogP contribution >= 0.6 is 0 Å². The molecule has 0 spiro atoms. The molecular formula is C30H38N4O2. The zero-order valence-electron chi connectivity index (χ0n) is 21.6. The van der Waals surface area contributed by atoms with E-state index >= 15 is 0 Å². The van der Waals surface area contributed by atoms with E-state index in [9.17, 15) is 9.59 Å². The normalized spacial score (nSPS) is 20.9. The van der Waals surface area contributed by atoms with Crippen LogP contribution in [-0.4, -0.2) is 52.8 Å². The topological polar surface area (TPSA) is 65.5 Å². The summed E-state index contributed by atoms with van der Waals surface area (Å²) in [6, 6.07) is 12.3. The summed E-state index contributed by atoms with van der Waals surface area (Å²) < 4.78 is 0. The van der Waals surface area contributed by atoms with Crippen LogP contribution in [0.1, 0.15) is 71.7 Å². The number of amides is 2. The minimum Gasteiger partial charge on any atom is -0.349 e. The van der Waals surface area contributed by atoms with E-state index in [1.54, 1.807) is 6.20 Å². The van der Waals surface area contributed by atoms with E-state index in [2.05, 4.69) is 33.5 Å². The predicted octanol–water partition coefficient (Wildman–Crippen LogP) is 4.80. The van der Waals surface area contributed by atoms with Crippen molar-refractivity contribution in [3.05, 3.63) is 76.8 Å². The molecule has 2 aromatic rings. The molecule has 2 atom stereocenters. The molecule has 3 aliphatic rings. The van der Waals surface area contributed by atoms with Gasteiger partial charge in [-0.05, 0) is 61.8 Å². The lowest BCUT2D eigenvalue weighted by Crippen LogP contribution is -2.34. The quantitative estimate of drug-likeness (QED) is 0.582. The molecule has 190 valence electrons. The summed E-state index contributed by atoms with van der Waals surface area (Å²) >= 11 is 0. The molecule has 2 fully saturated rings. The third kappa shape index (κ3) is 5.54. The molecule has 0 bridgehead atoms. The van der Waals surface area contributed by atoms with Crippen LogP contribution in [-0.2, 0) is 4.79 Å². The van der Waals surface area contributed by atoms with Gasteiger partial charge in [0, 0.05) is 50.9 Å². The molecule has 1 unspecified atom stereocenters. The highest BCUT2D eigenvalue weighted by molar-refractivity contribution is 5.97. The van der Waals surface area contributed by atoms with Crippen molar-refractivity contribution in [3.63, 3.8) is 0 Å². The third-order valence-corrected chi connectivity index (χ3v) is 8.19. The van der Waals surface area contributed by atoms with E-state index in [0.29, 0.717) is 18.3 Å². The minimum absolute atomic E-state index is 0.0316. The largest absolute Gasteiger partial charge is 0.349 e. The first-order valence-electron chi connectivity index (χ1n) is 13.5. The standard InChI is InChI=1S/C30H38N4O2/c1-21-12-14-31-22(2)29(21)30(36)34-19-25-17-33(18-26(25)20-34)15-13-27(24-10-4-3-5-11-24)32-28(35)16-23-8-6-7-9-23/h3-5,10-12,14,19,23,26-27H,6-9,13,15-18,20H2,1-2H3,(H,32,35)/t26?,27-/m0/s1. The number of pyridine rings is 1. The van der Waals surface area contributed by atoms with Crippen molar-refractivity contribution in [2.45, 2.75) is 58.4 Å². The lowest BCUT2D eigenvalue weighted by Gasteiger charge is -2.24. The van der Waals surface area contributed by atoms with Crippen LogP contribution in [0.3, 0.4) is 0 Å². The molecule has 1 aromatic carbocycles. The van der Waals surface area contributed by atoms with Crippen molar-refractivity contribution < 1.29 is 9.59 Å². The number of fused-ring (bicyclic) bond motifs is 1. The second-order valence-electron chi connectivity index (χ2n) is 10.9. The van der Waals surface area contributed by atoms with Gasteiger partial charge in [0.1, 0.15) is 0 Å². The number of hydrogen-bond acceptors (Lipinski definition) is 4. The summed E-state index contributed by atoms with van der Waals surface area (Å²) in [5.74, 6) is 1.18. The van der Waals surface area contributed by atoms with Crippen LogP contribution in [0.2, 0.25) is 0 Å². The van der Waals surface area contributed by atoms with E-state index in [4.69, 9.17) is 0 Å². The van der Waals surface area contributed by atoms with E-state index in [1.165, 1.54) is 36.8 Å². The Kier molecular flexibility index (Phi) is 7.51. The Morgan fingerprint density at radius 2 is 1.86 bits per heavy atom. The van der Waals surface area contributed by atoms with Crippen LogP contribution < -0.4 is 5.32 Å². The Morgan fingerprint density at radius 1 is 1.08 bits per heavy atom. The van der Waals surface area contributed by atoms with Crippen LogP contribution in [0.4, 0.5) is 0 Å². The van der Waals surface area contributed by atoms with Gasteiger partial charge in [-0.1, -0.05) is 43.2 Å². The van der Waals surface area contributed by atoms with Crippen molar-refractivity contribution in [1.82, 2.24) is 20.1 Å². The average Bonchev–Trinajstić information content (AvgIpc) is 3.59. The van der Waals surface area contributed by atoms with Gasteiger partial charge in [0.05, 0.1) is 17.3 Å². The van der Waals surface area contributed by atoms with Crippen molar-refractivity contribution in [1.29, 1.82) is 0 Å². The van der Waals surface area contributed by atoms with Gasteiger partial charge in [0.2, 0.25) is 5.91 Å². The summed E-state index contributed by atoms with van der Waals surface area (Å²) in [4.78, 5) is 34.7. The molecule has 2 amide bonds. The Labute approximate surface area is 214 Å². The SMILES string of the molecule is Cc1ccnc(C)c1C(=O)N1C=C2CN(CC[C@H](NC(=O)CC3CCCC3)c3ccccc3)CC2C1. The van der Waals surface area contributed by atoms with Gasteiger partial charge in [-0.25, -0.2) is 0 Å². The Morgan fingerprint density at radius 3 is 2.58 bits per heavy atom. The van der Waals surface area contributed by atoms with E-state index in [1.807, 2.05) is 43.0 Å². The fourth-order valence-electron chi connectivity index (χ4n) is 6.21. The third-order valence-electron chi connectivity index (χ3n) is 8.19. The summed E-state index contributed by atoms with van der Waals surface area (Å²) in [6.07, 6.45) is 10.3. The highest BCUT2D eigenvalue weighted by Gasteiger charge is 2.36. The highest BCUT2D eigenvalue weighted by Crippen LogP contribution is 2.32. The number of aromatic nitrogens is 1. The van der Waals surface area contributed by atoms with Gasteiger partial charge >= 0.3 is 0 Å². The number of nitrogens with zero attached hydrogens (tertiary/aromatic N) is 3. The molecule has 2 aliphatic heterocycles. The lowest BCUT2D eigenvalue weighted by atomic mass is 10.0. The zero-order chi connectivity index (χ0) is 25.1. The Bertz CT molecular complexity index is 1100. The molecule has 1 saturated heterocycles. The number of carbonyl (C=O) groups is 2. The van der Waals surface area contributed by atoms with Crippen molar-refractivity contribution in [2.24, 2.45) is 11.8 Å². The molecule has 3 heterocycles. The maximum Gasteiger partial charge on any atom is 0.259 e. The van der Waals surface area contributed by atoms with E-state index in [0.717, 1.165) is 49.4 Å². The minimum atomic E-state index is 0.0316. The summed E-state index contributed by atoms with van der Waals surface area (Å²) in [6.45, 7) is 7.38. The number of nitrogens with one attached hydrogen (secondary N) is 1. The number of likely N-dealkylation sites (tertiary alicyclic amines) is 1. The van der Waals surface area contributed by atoms with Gasteiger partial charge in [-0.3, -0.25) is 19.5 Å². The summed E-state index contributed by atoms with van der Waals surface area (Å²) in [5, 5.41) is 3.35. The summed E-state index contributed by atoms with van der Waals surface area (Å²) in [7, 11) is 0. The molecule has 5 rings (SSSR count). The van der Waals surface area contributed by atoms with Crippen molar-refractivity contribution in [2.75, 3.05) is 26.2 Å². The predicted molar refractivity (Wildman–Crippen MR) is 141 cm³/mol. The van der Waals surface area contributed by atoms with Crippen LogP contribution in [0, 0.1) is 25.7 Å². The first kappa shape index (κ1) is 24.7. The number of aryl methyl sites for hydroxylation is 2. The first-order valence-corrected chi connectivity index (χ1v) is 13.5. The first-order chi connectivity index (χ1) is 17.5. The van der Waals surface area contributed by atoms with Gasteiger partial charge in [-0.15, -0.1) is 0 Å². The van der Waals surface area contributed by atoms with Crippen LogP contribution in [0.15, 0.2) is 54.4 Å². The smallest absolute Gasteiger partial charge is 0.259 e. The van der Waals surface area contributed by atoms with E-state index < -0.39 is 0 Å². The molecule has 36 heavy (non-hydrogen) atoms. The molecule has 1 aromatic heterocycles. The highest BCUT2D eigenvalue weighted by atomic mass is 16.2. The number of benzene rings is 1. The molecule has 1 aliphatic carbocycles. The Balaban J connectivity index is 1.18. The molecule has 0 radical (unpaired) electrons. The van der Waals surface area contributed by atoms with Crippen molar-refractivity contribution >= 4 is 11.8 Å². The molecule has 1 saturated carbocycles. The average molecular weight is 487 g/mol. The van der Waals surface area contributed by atoms with E-state index in [-0.39, 0.29) is 17.9 Å². The zero-order valence-corrected chi connectivity index (χ0v) is 21.6. The van der Waals surface area contributed by atoms with Gasteiger partial charge in [0.25, 0.3) is 5.91 Å². The molecule has 6 nitrogen and oxygen atoms in total. The van der Waals surface area contributed by atoms with Crippen molar-refractivity contribution in [3.8, 4) is 0 Å². The maximum atomic E-state index is 13.2. The molecular weight excluding hydrogens is 448 g/mol. The van der Waals surface area contributed by atoms with Crippen LogP contribution in [0.25, 0.3) is 0 Å². The van der Waals surface area contributed by atoms with Gasteiger partial charge in [0.15, 0.2) is 0 Å². The van der Waals surface area contributed by atoms with Crippen LogP contribution in [0.5, 0.6) is 0 Å². The lowest BCUT2D eigenvalue weighted by molar-refractivity contribution is -0.122. The maximum absolute atomic E-state index is 13.2.